The first-order valence-corrected chi connectivity index (χ1v) is 11.2. The molecule has 0 heterocycles. The van der Waals surface area contributed by atoms with Crippen molar-refractivity contribution in [1.82, 2.24) is 0 Å². The summed E-state index contributed by atoms with van der Waals surface area (Å²) in [6.45, 7) is 9.33. The molecule has 0 amide bonds. The van der Waals surface area contributed by atoms with Crippen molar-refractivity contribution in [3.8, 4) is 0 Å². The van der Waals surface area contributed by atoms with Gasteiger partial charge in [-0.3, -0.25) is 0 Å². The van der Waals surface area contributed by atoms with Crippen LogP contribution in [0.1, 0.15) is 81.9 Å². The minimum Gasteiger partial charge on any atom is -1.00 e. The van der Waals surface area contributed by atoms with Gasteiger partial charge in [-0.2, -0.15) is 0 Å². The van der Waals surface area contributed by atoms with Gasteiger partial charge in [-0.15, -0.1) is 0 Å². The number of unbranched alkanes of at least 4 members (excludes halogenated alkanes) is 2. The van der Waals surface area contributed by atoms with Crippen LogP contribution in [0.15, 0.2) is 41.0 Å². The smallest absolute Gasteiger partial charge is 1.00 e. The molecule has 0 unspecified atom stereocenters. The van der Waals surface area contributed by atoms with Crippen LogP contribution in [-0.4, -0.2) is 0 Å². The molecule has 0 N–H and O–H groups in total. The third kappa shape index (κ3) is 4.41. The molecule has 0 nitrogen and oxygen atoms in total. The molecule has 21 heavy (non-hydrogen) atoms. The quantitative estimate of drug-likeness (QED) is 0.441. The van der Waals surface area contributed by atoms with E-state index in [2.05, 4.69) is 39.8 Å². The molecule has 0 aromatic rings. The van der Waals surface area contributed by atoms with Gasteiger partial charge in [0.15, 0.2) is 0 Å². The van der Waals surface area contributed by atoms with E-state index >= 15 is 0 Å². The molecule has 0 aromatic carbocycles. The zero-order valence-corrected chi connectivity index (χ0v) is 16.8. The Labute approximate surface area is 146 Å². The number of hydrogen-bond donors (Lipinski definition) is 0. The molecule has 0 radical (unpaired) electrons. The first-order valence-electron chi connectivity index (χ1n) is 8.72. The van der Waals surface area contributed by atoms with Gasteiger partial charge in [0.2, 0.25) is 0 Å². The molecule has 0 aromatic heterocycles. The van der Waals surface area contributed by atoms with Gasteiger partial charge in [0, 0.05) is 0 Å². The van der Waals surface area contributed by atoms with Gasteiger partial charge >= 0.3 is 143 Å². The second-order valence-electron chi connectivity index (χ2n) is 6.47. The van der Waals surface area contributed by atoms with E-state index in [-0.39, 0.29) is 2.85 Å². The van der Waals surface area contributed by atoms with Crippen LogP contribution in [0.2, 0.25) is 0 Å². The van der Waals surface area contributed by atoms with Crippen molar-refractivity contribution in [2.24, 2.45) is 0 Å². The number of rotatable bonds is 8. The second kappa shape index (κ2) is 8.47. The summed E-state index contributed by atoms with van der Waals surface area (Å²) < 4.78 is 3.68. The van der Waals surface area contributed by atoms with Crippen LogP contribution in [-0.2, 0) is 23.2 Å². The second-order valence-corrected chi connectivity index (χ2v) is 9.54. The maximum Gasteiger partial charge on any atom is -1.00 e. The van der Waals surface area contributed by atoms with Crippen molar-refractivity contribution >= 4 is 0 Å². The third-order valence-electron chi connectivity index (χ3n) is 4.72. The van der Waals surface area contributed by atoms with Gasteiger partial charge in [0.1, 0.15) is 0 Å². The van der Waals surface area contributed by atoms with Crippen molar-refractivity contribution in [2.45, 2.75) is 79.1 Å². The largest absolute Gasteiger partial charge is 1.00 e. The van der Waals surface area contributed by atoms with Crippen molar-refractivity contribution in [3.63, 3.8) is 0 Å². The van der Waals surface area contributed by atoms with Crippen LogP contribution < -0.4 is 0 Å². The predicted molar refractivity (Wildman–Crippen MR) is 92.1 cm³/mol. The van der Waals surface area contributed by atoms with E-state index in [9.17, 15) is 0 Å². The van der Waals surface area contributed by atoms with Crippen molar-refractivity contribution in [3.05, 3.63) is 41.0 Å². The monoisotopic (exact) mass is 362 g/mol. The van der Waals surface area contributed by atoms with Gasteiger partial charge in [0.05, 0.1) is 0 Å². The topological polar surface area (TPSA) is 0 Å². The maximum atomic E-state index is 2.49. The molecule has 116 valence electrons. The van der Waals surface area contributed by atoms with E-state index in [4.69, 9.17) is 0 Å². The van der Waals surface area contributed by atoms with Crippen LogP contribution in [0.4, 0.5) is 0 Å². The molecular formula is C20H32Zr. The maximum absolute atomic E-state index is 2.49. The number of allylic oxidation sites excluding steroid dienone is 8. The first-order chi connectivity index (χ1) is 10.2. The van der Waals surface area contributed by atoms with E-state index in [0.29, 0.717) is 0 Å². The summed E-state index contributed by atoms with van der Waals surface area (Å²) in [6.07, 6.45) is 15.6. The van der Waals surface area contributed by atoms with Gasteiger partial charge in [0.25, 0.3) is 0 Å². The summed E-state index contributed by atoms with van der Waals surface area (Å²) in [5.41, 5.74) is 6.83. The summed E-state index contributed by atoms with van der Waals surface area (Å²) in [4.78, 5) is 0. The van der Waals surface area contributed by atoms with Crippen LogP contribution >= 0.6 is 0 Å². The van der Waals surface area contributed by atoms with E-state index in [1.807, 2.05) is 6.56 Å². The Bertz CT molecular complexity index is 464. The number of hydrogen-bond acceptors (Lipinski definition) is 0. The molecule has 0 bridgehead atoms. The Morgan fingerprint density at radius 3 is 1.67 bits per heavy atom. The SMILES string of the molecule is CCCCC1=[C]([Zr+2][C]2=C(CCCC)CC=C2C)C(C)=CC1.[H-].[H-]. The van der Waals surface area contributed by atoms with E-state index in [1.54, 1.807) is 22.3 Å². The Hall–Kier alpha value is -0.157. The fraction of sp³-hybridized carbons (Fsp3) is 0.600. The predicted octanol–water partition coefficient (Wildman–Crippen LogP) is 6.88. The molecule has 2 rings (SSSR count). The van der Waals surface area contributed by atoms with Crippen LogP contribution in [0, 0.1) is 0 Å². The molecular weight excluding hydrogens is 331 g/mol. The van der Waals surface area contributed by atoms with Gasteiger partial charge in [-0.25, -0.2) is 0 Å². The Morgan fingerprint density at radius 1 is 0.857 bits per heavy atom. The Balaban J connectivity index is 0.00000242. The van der Waals surface area contributed by atoms with E-state index in [0.717, 1.165) is 0 Å². The van der Waals surface area contributed by atoms with Crippen LogP contribution in [0.25, 0.3) is 0 Å². The minimum atomic E-state index is -0.585. The molecule has 0 aliphatic heterocycles. The summed E-state index contributed by atoms with van der Waals surface area (Å²) in [6, 6.07) is 0. The molecule has 2 aliphatic rings. The van der Waals surface area contributed by atoms with Crippen molar-refractivity contribution < 1.29 is 26.1 Å². The fourth-order valence-corrected chi connectivity index (χ4v) is 7.32. The normalized spacial score (nSPS) is 18.3. The molecule has 0 spiro atoms. The zero-order valence-electron chi connectivity index (χ0n) is 16.3. The summed E-state index contributed by atoms with van der Waals surface area (Å²) in [5.74, 6) is 0. The zero-order chi connectivity index (χ0) is 15.2. The van der Waals surface area contributed by atoms with Crippen molar-refractivity contribution in [2.75, 3.05) is 0 Å². The van der Waals surface area contributed by atoms with Gasteiger partial charge in [-0.05, 0) is 0 Å². The summed E-state index contributed by atoms with van der Waals surface area (Å²) in [7, 11) is 0. The molecule has 0 fully saturated rings. The van der Waals surface area contributed by atoms with Gasteiger partial charge in [-0.1, -0.05) is 0 Å². The van der Waals surface area contributed by atoms with E-state index in [1.165, 1.54) is 51.4 Å². The molecule has 1 heteroatoms. The standard InChI is InChI=1S/2C10H15.Zr.2H/c2*1-3-4-5-10-7-6-9(2)8-10;;;/h2*6H,3-5,7H2,1-2H3;;;/q;;+2;2*-1. The molecule has 0 saturated heterocycles. The molecule has 0 atom stereocenters. The minimum absolute atomic E-state index is 0. The van der Waals surface area contributed by atoms with Crippen LogP contribution in [0.5, 0.6) is 0 Å². The average molecular weight is 364 g/mol. The molecule has 0 saturated carbocycles. The van der Waals surface area contributed by atoms with Crippen molar-refractivity contribution in [1.29, 1.82) is 0 Å². The van der Waals surface area contributed by atoms with E-state index < -0.39 is 23.2 Å². The summed E-state index contributed by atoms with van der Waals surface area (Å²) in [5, 5.41) is 0. The average Bonchev–Trinajstić information content (AvgIpc) is 3.00. The molecule has 2 aliphatic carbocycles. The van der Waals surface area contributed by atoms with Gasteiger partial charge < -0.3 is 2.85 Å². The first kappa shape index (κ1) is 17.2. The summed E-state index contributed by atoms with van der Waals surface area (Å²) >= 11 is -0.585. The fourth-order valence-electron chi connectivity index (χ4n) is 3.25. The Morgan fingerprint density at radius 2 is 1.29 bits per heavy atom. The van der Waals surface area contributed by atoms with Crippen LogP contribution in [0.3, 0.4) is 0 Å². The third-order valence-corrected chi connectivity index (χ3v) is 9.63. The Kier molecular flexibility index (Phi) is 6.94.